The van der Waals surface area contributed by atoms with Crippen LogP contribution in [0.15, 0.2) is 79.3 Å². The number of anilines is 3. The second kappa shape index (κ2) is 10.5. The lowest BCUT2D eigenvalue weighted by molar-refractivity contribution is -0.125. The highest BCUT2D eigenvalue weighted by Crippen LogP contribution is 2.28. The van der Waals surface area contributed by atoms with Crippen molar-refractivity contribution in [1.82, 2.24) is 24.0 Å². The Morgan fingerprint density at radius 3 is 2.50 bits per heavy atom. The molecule has 11 nitrogen and oxygen atoms in total. The maximum atomic E-state index is 13.0. The third-order valence-electron chi connectivity index (χ3n) is 6.59. The molecular formula is C28H27N7O4S. The topological polar surface area (TPSA) is 146 Å². The maximum absolute atomic E-state index is 13.0. The van der Waals surface area contributed by atoms with Gasteiger partial charge in [-0.1, -0.05) is 18.2 Å². The van der Waals surface area contributed by atoms with Crippen molar-refractivity contribution in [3.63, 3.8) is 0 Å². The molecule has 5 rings (SSSR count). The number of aryl methyl sites for hydroxylation is 1. The number of rotatable bonds is 7. The van der Waals surface area contributed by atoms with Crippen molar-refractivity contribution < 1.29 is 18.0 Å². The molecule has 0 atom stereocenters. The van der Waals surface area contributed by atoms with Crippen molar-refractivity contribution in [2.24, 2.45) is 0 Å². The van der Waals surface area contributed by atoms with Gasteiger partial charge >= 0.3 is 10.2 Å². The first kappa shape index (κ1) is 26.9. The number of nitrogens with one attached hydrogen (secondary N) is 3. The molecule has 0 spiro atoms. The van der Waals surface area contributed by atoms with Crippen LogP contribution in [0.1, 0.15) is 35.3 Å². The zero-order valence-corrected chi connectivity index (χ0v) is 22.9. The summed E-state index contributed by atoms with van der Waals surface area (Å²) >= 11 is 0. The Balaban J connectivity index is 1.28. The quantitative estimate of drug-likeness (QED) is 0.311. The number of carbonyl (C=O) groups is 2. The van der Waals surface area contributed by atoms with Gasteiger partial charge in [-0.3, -0.25) is 14.6 Å². The minimum Gasteiger partial charge on any atom is -0.324 e. The number of hydrogen-bond acceptors (Lipinski definition) is 8. The number of carbonyl (C=O) groups excluding carboxylic acids is 2. The van der Waals surface area contributed by atoms with Gasteiger partial charge in [-0.25, -0.2) is 14.7 Å². The van der Waals surface area contributed by atoms with Crippen molar-refractivity contribution in [3.05, 3.63) is 95.9 Å². The Labute approximate surface area is 231 Å². The summed E-state index contributed by atoms with van der Waals surface area (Å²) in [4.78, 5) is 38.0. The minimum absolute atomic E-state index is 0.00692. The zero-order chi connectivity index (χ0) is 28.5. The monoisotopic (exact) mass is 557 g/mol. The molecule has 0 saturated carbocycles. The van der Waals surface area contributed by atoms with Gasteiger partial charge in [0.15, 0.2) is 0 Å². The SMILES string of the molecule is Cc1ccc(NC(=O)c2ccc(CN3C(C)(C)C(=O)NS3(=O)=O)cc2)cc1Nc1nccc(-c2cccnc2)n1. The Bertz CT molecular complexity index is 1690. The second-order valence-corrected chi connectivity index (χ2v) is 11.4. The van der Waals surface area contributed by atoms with Gasteiger partial charge in [0, 0.05) is 47.6 Å². The van der Waals surface area contributed by atoms with Crippen molar-refractivity contribution in [2.75, 3.05) is 10.6 Å². The molecule has 1 aliphatic heterocycles. The minimum atomic E-state index is -3.92. The standard InChI is InChI=1S/C28H27N7O4S/c1-18-6-11-22(15-24(18)33-27-30-14-12-23(32-27)21-5-4-13-29-16-21)31-25(36)20-9-7-19(8-10-20)17-35-28(2,3)26(37)34-40(35,38)39/h4-16H,17H2,1-3H3,(H,31,36)(H,34,37)(H,30,32,33). The van der Waals surface area contributed by atoms with Crippen LogP contribution in [0.4, 0.5) is 17.3 Å². The van der Waals surface area contributed by atoms with E-state index in [1.165, 1.54) is 0 Å². The van der Waals surface area contributed by atoms with Gasteiger partial charge in [-0.05, 0) is 74.4 Å². The number of aromatic nitrogens is 3. The average Bonchev–Trinajstić information content (AvgIpc) is 3.09. The predicted molar refractivity (Wildman–Crippen MR) is 151 cm³/mol. The fourth-order valence-electron chi connectivity index (χ4n) is 4.17. The molecule has 0 aliphatic carbocycles. The first-order chi connectivity index (χ1) is 19.0. The molecule has 3 heterocycles. The van der Waals surface area contributed by atoms with Crippen LogP contribution in [0.5, 0.6) is 0 Å². The van der Waals surface area contributed by atoms with E-state index in [9.17, 15) is 18.0 Å². The van der Waals surface area contributed by atoms with Gasteiger partial charge in [0.2, 0.25) is 5.95 Å². The van der Waals surface area contributed by atoms with Crippen molar-refractivity contribution in [1.29, 1.82) is 0 Å². The van der Waals surface area contributed by atoms with Crippen molar-refractivity contribution in [3.8, 4) is 11.3 Å². The molecule has 1 fully saturated rings. The summed E-state index contributed by atoms with van der Waals surface area (Å²) < 4.78 is 27.8. The lowest BCUT2D eigenvalue weighted by Gasteiger charge is -2.25. The van der Waals surface area contributed by atoms with Gasteiger partial charge in [0.25, 0.3) is 11.8 Å². The number of amides is 2. The average molecular weight is 558 g/mol. The van der Waals surface area contributed by atoms with Crippen LogP contribution in [0.25, 0.3) is 11.3 Å². The summed E-state index contributed by atoms with van der Waals surface area (Å²) in [6.07, 6.45) is 5.09. The molecule has 1 saturated heterocycles. The Kier molecular flexibility index (Phi) is 7.04. The van der Waals surface area contributed by atoms with Gasteiger partial charge in [-0.15, -0.1) is 0 Å². The molecule has 1 aliphatic rings. The molecule has 12 heteroatoms. The fraction of sp³-hybridized carbons (Fsp3) is 0.179. The Hall–Kier alpha value is -4.68. The van der Waals surface area contributed by atoms with Crippen LogP contribution in [0.2, 0.25) is 0 Å². The van der Waals surface area contributed by atoms with Crippen LogP contribution in [-0.2, 0) is 21.5 Å². The van der Waals surface area contributed by atoms with Gasteiger partial charge < -0.3 is 10.6 Å². The van der Waals surface area contributed by atoms with Crippen molar-refractivity contribution in [2.45, 2.75) is 32.9 Å². The molecule has 3 N–H and O–H groups in total. The summed E-state index contributed by atoms with van der Waals surface area (Å²) in [5.74, 6) is -0.506. The second-order valence-electron chi connectivity index (χ2n) is 9.81. The van der Waals surface area contributed by atoms with Crippen LogP contribution in [-0.4, -0.2) is 45.0 Å². The van der Waals surface area contributed by atoms with Crippen molar-refractivity contribution >= 4 is 39.3 Å². The van der Waals surface area contributed by atoms with E-state index in [0.29, 0.717) is 22.8 Å². The molecule has 0 radical (unpaired) electrons. The maximum Gasteiger partial charge on any atom is 0.305 e. The van der Waals surface area contributed by atoms with Gasteiger partial charge in [-0.2, -0.15) is 12.7 Å². The predicted octanol–water partition coefficient (Wildman–Crippen LogP) is 3.80. The summed E-state index contributed by atoms with van der Waals surface area (Å²) in [5.41, 5.74) is 3.65. The van der Waals surface area contributed by atoms with E-state index in [-0.39, 0.29) is 12.5 Å². The van der Waals surface area contributed by atoms with E-state index in [1.807, 2.05) is 29.8 Å². The van der Waals surface area contributed by atoms with Gasteiger partial charge in [0.05, 0.1) is 5.69 Å². The van der Waals surface area contributed by atoms with Crippen LogP contribution >= 0.6 is 0 Å². The highest BCUT2D eigenvalue weighted by molar-refractivity contribution is 7.88. The molecule has 4 aromatic rings. The van der Waals surface area contributed by atoms with E-state index in [2.05, 4.69) is 25.6 Å². The summed E-state index contributed by atoms with van der Waals surface area (Å²) in [7, 11) is -3.92. The Morgan fingerprint density at radius 1 is 1.05 bits per heavy atom. The molecule has 40 heavy (non-hydrogen) atoms. The summed E-state index contributed by atoms with van der Waals surface area (Å²) in [6.45, 7) is 5.02. The van der Waals surface area contributed by atoms with E-state index in [0.717, 1.165) is 26.8 Å². The van der Waals surface area contributed by atoms with Gasteiger partial charge in [0.1, 0.15) is 5.54 Å². The summed E-state index contributed by atoms with van der Waals surface area (Å²) in [6, 6.07) is 17.6. The third-order valence-corrected chi connectivity index (χ3v) is 8.20. The zero-order valence-electron chi connectivity index (χ0n) is 22.0. The molecule has 0 bridgehead atoms. The molecule has 0 unspecified atom stereocenters. The first-order valence-corrected chi connectivity index (χ1v) is 13.8. The van der Waals surface area contributed by atoms with Crippen LogP contribution in [0.3, 0.4) is 0 Å². The highest BCUT2D eigenvalue weighted by atomic mass is 32.2. The van der Waals surface area contributed by atoms with E-state index in [1.54, 1.807) is 74.9 Å². The molecular weight excluding hydrogens is 530 g/mol. The number of pyridine rings is 1. The van der Waals surface area contributed by atoms with E-state index in [4.69, 9.17) is 0 Å². The number of hydrogen-bond donors (Lipinski definition) is 3. The third kappa shape index (κ3) is 5.53. The lowest BCUT2D eigenvalue weighted by atomic mass is 10.0. The van der Waals surface area contributed by atoms with Crippen LogP contribution in [0, 0.1) is 6.92 Å². The molecule has 2 aromatic carbocycles. The lowest BCUT2D eigenvalue weighted by Crippen LogP contribution is -2.43. The highest BCUT2D eigenvalue weighted by Gasteiger charge is 2.50. The Morgan fingerprint density at radius 2 is 1.82 bits per heavy atom. The van der Waals surface area contributed by atoms with Crippen LogP contribution < -0.4 is 15.4 Å². The molecule has 2 aromatic heterocycles. The molecule has 204 valence electrons. The normalized spacial score (nSPS) is 15.8. The fourth-order valence-corrected chi connectivity index (χ4v) is 5.77. The first-order valence-electron chi connectivity index (χ1n) is 12.4. The van der Waals surface area contributed by atoms with E-state index >= 15 is 0 Å². The number of benzene rings is 2. The molecule has 2 amide bonds. The number of nitrogens with zero attached hydrogens (tertiary/aromatic N) is 4. The van der Waals surface area contributed by atoms with E-state index < -0.39 is 21.7 Å². The smallest absolute Gasteiger partial charge is 0.305 e. The largest absolute Gasteiger partial charge is 0.324 e. The summed E-state index contributed by atoms with van der Waals surface area (Å²) in [5, 5.41) is 6.10.